The third kappa shape index (κ3) is 5.78. The summed E-state index contributed by atoms with van der Waals surface area (Å²) >= 11 is 0. The topological polar surface area (TPSA) is 0 Å². The summed E-state index contributed by atoms with van der Waals surface area (Å²) in [6.07, 6.45) is 1.01. The minimum absolute atomic E-state index is 0.258. The molecule has 0 fully saturated rings. The lowest BCUT2D eigenvalue weighted by Crippen LogP contribution is -1.92. The molecule has 0 amide bonds. The van der Waals surface area contributed by atoms with Crippen molar-refractivity contribution in [2.45, 2.75) is 26.4 Å². The van der Waals surface area contributed by atoms with E-state index in [-0.39, 0.29) is 8.80 Å². The Balaban J connectivity index is 3.24. The first kappa shape index (κ1) is 6.78. The summed E-state index contributed by atoms with van der Waals surface area (Å²) in [6.45, 7) is 6.48. The van der Waals surface area contributed by atoms with Crippen LogP contribution in [-0.4, -0.2) is 8.80 Å². The number of rotatable bonds is 0. The molecule has 0 N–H and O–H groups in total. The van der Waals surface area contributed by atoms with Gasteiger partial charge in [-0.05, 0) is 0 Å². The fourth-order valence-corrected chi connectivity index (χ4v) is 0.795. The molecular formula is C6H11Si. The Morgan fingerprint density at radius 1 is 1.43 bits per heavy atom. The van der Waals surface area contributed by atoms with Crippen molar-refractivity contribution in [2.75, 3.05) is 0 Å². The molecule has 0 aliphatic carbocycles. The van der Waals surface area contributed by atoms with Crippen LogP contribution in [0.5, 0.6) is 0 Å². The van der Waals surface area contributed by atoms with Gasteiger partial charge < -0.3 is 0 Å². The lowest BCUT2D eigenvalue weighted by molar-refractivity contribution is 1.28. The Kier molecular flexibility index (Phi) is 3.82. The Morgan fingerprint density at radius 2 is 2.00 bits per heavy atom. The van der Waals surface area contributed by atoms with Gasteiger partial charge in [0.2, 0.25) is 0 Å². The zero-order chi connectivity index (χ0) is 5.70. The molecule has 0 rings (SSSR count). The normalized spacial score (nSPS) is 8.00. The maximum Gasteiger partial charge on any atom is 0.138 e. The van der Waals surface area contributed by atoms with Crippen molar-refractivity contribution in [1.82, 2.24) is 0 Å². The average Bonchev–Trinajstić information content (AvgIpc) is 1.61. The van der Waals surface area contributed by atoms with Gasteiger partial charge in [0.05, 0.1) is 0 Å². The Labute approximate surface area is 47.5 Å². The minimum atomic E-state index is -0.258. The van der Waals surface area contributed by atoms with Crippen LogP contribution in [0.4, 0.5) is 0 Å². The molecule has 0 spiro atoms. The molecule has 0 aromatic rings. The third-order valence-corrected chi connectivity index (χ3v) is 1.19. The molecule has 1 radical (unpaired) electrons. The van der Waals surface area contributed by atoms with E-state index in [4.69, 9.17) is 0 Å². The highest BCUT2D eigenvalue weighted by atomic mass is 28.3. The van der Waals surface area contributed by atoms with E-state index in [1.54, 1.807) is 0 Å². The van der Waals surface area contributed by atoms with Gasteiger partial charge in [-0.2, -0.15) is 0 Å². The lowest BCUT2D eigenvalue weighted by atomic mass is 10.5. The van der Waals surface area contributed by atoms with Gasteiger partial charge in [-0.25, -0.2) is 0 Å². The number of hydrogen-bond donors (Lipinski definition) is 0. The van der Waals surface area contributed by atoms with Gasteiger partial charge in [0, 0.05) is 6.42 Å². The predicted octanol–water partition coefficient (Wildman–Crippen LogP) is 1.69. The van der Waals surface area contributed by atoms with Crippen molar-refractivity contribution < 1.29 is 0 Å². The van der Waals surface area contributed by atoms with E-state index in [0.717, 1.165) is 6.42 Å². The van der Waals surface area contributed by atoms with Crippen molar-refractivity contribution >= 4 is 8.80 Å². The van der Waals surface area contributed by atoms with E-state index < -0.39 is 0 Å². The third-order valence-electron chi connectivity index (χ3n) is 0.515. The van der Waals surface area contributed by atoms with Crippen LogP contribution in [0.15, 0.2) is 0 Å². The summed E-state index contributed by atoms with van der Waals surface area (Å²) in [7, 11) is -0.258. The first-order valence-corrected chi connectivity index (χ1v) is 5.06. The smallest absolute Gasteiger partial charge is 0.134 e. The molecule has 0 saturated carbocycles. The molecule has 0 unspecified atom stereocenters. The van der Waals surface area contributed by atoms with Crippen LogP contribution in [0.25, 0.3) is 0 Å². The zero-order valence-corrected chi connectivity index (χ0v) is 6.21. The molecule has 7 heavy (non-hydrogen) atoms. The molecule has 0 aliphatic heterocycles. The van der Waals surface area contributed by atoms with Gasteiger partial charge >= 0.3 is 0 Å². The SMILES string of the molecule is CCC#C[Si](C)C. The Bertz CT molecular complexity index is 84.1. The highest BCUT2D eigenvalue weighted by Crippen LogP contribution is 1.74. The first-order valence-electron chi connectivity index (χ1n) is 2.56. The molecule has 0 nitrogen and oxygen atoms in total. The quantitative estimate of drug-likeness (QED) is 0.329. The summed E-state index contributed by atoms with van der Waals surface area (Å²) in [4.78, 5) is 0. The van der Waals surface area contributed by atoms with E-state index >= 15 is 0 Å². The first-order chi connectivity index (χ1) is 3.27. The summed E-state index contributed by atoms with van der Waals surface area (Å²) in [5.74, 6) is 3.04. The molecular weight excluding hydrogens is 100 g/mol. The van der Waals surface area contributed by atoms with Crippen LogP contribution in [0, 0.1) is 11.5 Å². The van der Waals surface area contributed by atoms with Crippen LogP contribution in [0.1, 0.15) is 13.3 Å². The second-order valence-electron chi connectivity index (χ2n) is 1.66. The average molecular weight is 111 g/mol. The van der Waals surface area contributed by atoms with E-state index in [2.05, 4.69) is 31.5 Å². The molecule has 0 atom stereocenters. The van der Waals surface area contributed by atoms with Crippen molar-refractivity contribution in [3.63, 3.8) is 0 Å². The molecule has 0 aromatic heterocycles. The molecule has 0 aromatic carbocycles. The maximum absolute atomic E-state index is 3.15. The van der Waals surface area contributed by atoms with Gasteiger partial charge in [-0.1, -0.05) is 20.0 Å². The molecule has 39 valence electrons. The summed E-state index contributed by atoms with van der Waals surface area (Å²) < 4.78 is 0. The number of hydrogen-bond acceptors (Lipinski definition) is 0. The van der Waals surface area contributed by atoms with Crippen LogP contribution in [-0.2, 0) is 0 Å². The monoisotopic (exact) mass is 111 g/mol. The Hall–Kier alpha value is -0.223. The molecule has 0 bridgehead atoms. The van der Waals surface area contributed by atoms with E-state index in [1.807, 2.05) is 0 Å². The van der Waals surface area contributed by atoms with Gasteiger partial charge in [-0.3, -0.25) is 0 Å². The lowest BCUT2D eigenvalue weighted by Gasteiger charge is -1.79. The van der Waals surface area contributed by atoms with Crippen LogP contribution in [0.3, 0.4) is 0 Å². The van der Waals surface area contributed by atoms with Crippen molar-refractivity contribution in [1.29, 1.82) is 0 Å². The summed E-state index contributed by atoms with van der Waals surface area (Å²) in [6, 6.07) is 0. The summed E-state index contributed by atoms with van der Waals surface area (Å²) in [5, 5.41) is 0. The van der Waals surface area contributed by atoms with Gasteiger partial charge in [0.25, 0.3) is 0 Å². The fraction of sp³-hybridized carbons (Fsp3) is 0.667. The maximum atomic E-state index is 3.15. The van der Waals surface area contributed by atoms with Crippen molar-refractivity contribution in [2.24, 2.45) is 0 Å². The minimum Gasteiger partial charge on any atom is -0.134 e. The standard InChI is InChI=1S/C6H11Si/c1-4-5-6-7(2)3/h4H2,1-3H3. The Morgan fingerprint density at radius 3 is 2.14 bits per heavy atom. The highest BCUT2D eigenvalue weighted by molar-refractivity contribution is 6.64. The van der Waals surface area contributed by atoms with E-state index in [1.165, 1.54) is 0 Å². The summed E-state index contributed by atoms with van der Waals surface area (Å²) in [5.41, 5.74) is 3.15. The second-order valence-corrected chi connectivity index (χ2v) is 3.91. The van der Waals surface area contributed by atoms with Gasteiger partial charge in [-0.15, -0.1) is 11.5 Å². The van der Waals surface area contributed by atoms with Crippen molar-refractivity contribution in [3.8, 4) is 11.5 Å². The molecule has 0 aliphatic rings. The highest BCUT2D eigenvalue weighted by Gasteiger charge is 1.81. The van der Waals surface area contributed by atoms with Crippen LogP contribution in [0.2, 0.25) is 13.1 Å². The van der Waals surface area contributed by atoms with Crippen LogP contribution >= 0.6 is 0 Å². The van der Waals surface area contributed by atoms with Crippen molar-refractivity contribution in [3.05, 3.63) is 0 Å². The molecule has 1 heteroatoms. The largest absolute Gasteiger partial charge is 0.138 e. The zero-order valence-electron chi connectivity index (χ0n) is 5.21. The van der Waals surface area contributed by atoms with Gasteiger partial charge in [0.1, 0.15) is 8.80 Å². The molecule has 0 heterocycles. The second kappa shape index (κ2) is 3.95. The van der Waals surface area contributed by atoms with Crippen LogP contribution < -0.4 is 0 Å². The van der Waals surface area contributed by atoms with E-state index in [0.29, 0.717) is 0 Å². The molecule has 0 saturated heterocycles. The fourth-order valence-electron chi connectivity index (χ4n) is 0.265. The predicted molar refractivity (Wildman–Crippen MR) is 35.5 cm³/mol. The van der Waals surface area contributed by atoms with Gasteiger partial charge in [0.15, 0.2) is 0 Å². The van der Waals surface area contributed by atoms with E-state index in [9.17, 15) is 0 Å².